The maximum atomic E-state index is 12.6. The highest BCUT2D eigenvalue weighted by atomic mass is 127. The Hall–Kier alpha value is -2.49. The van der Waals surface area contributed by atoms with Gasteiger partial charge in [0, 0.05) is 47.7 Å². The number of carbonyl (C=O) groups is 1. The summed E-state index contributed by atoms with van der Waals surface area (Å²) in [5.74, 6) is 1.59. The minimum Gasteiger partial charge on any atom is -0.352 e. The lowest BCUT2D eigenvalue weighted by Crippen LogP contribution is -2.49. The van der Waals surface area contributed by atoms with Gasteiger partial charge in [-0.1, -0.05) is 6.07 Å². The van der Waals surface area contributed by atoms with Crippen molar-refractivity contribution in [2.45, 2.75) is 0 Å². The van der Waals surface area contributed by atoms with Crippen LogP contribution in [-0.2, 0) is 0 Å². The summed E-state index contributed by atoms with van der Waals surface area (Å²) in [6.45, 7) is 2.83. The van der Waals surface area contributed by atoms with Gasteiger partial charge < -0.3 is 9.80 Å². The molecule has 0 atom stereocenters. The molecule has 0 radical (unpaired) electrons. The molecule has 0 unspecified atom stereocenters. The first-order chi connectivity index (χ1) is 12.7. The smallest absolute Gasteiger partial charge is 0.254 e. The van der Waals surface area contributed by atoms with E-state index in [4.69, 9.17) is 0 Å². The van der Waals surface area contributed by atoms with Crippen LogP contribution in [0.4, 0.5) is 5.82 Å². The van der Waals surface area contributed by atoms with Crippen molar-refractivity contribution in [3.05, 3.63) is 64.0 Å². The number of anilines is 1. The fraction of sp³-hybridized carbons (Fsp3) is 0.222. The van der Waals surface area contributed by atoms with E-state index >= 15 is 0 Å². The van der Waals surface area contributed by atoms with Crippen molar-refractivity contribution in [1.29, 1.82) is 0 Å². The maximum Gasteiger partial charge on any atom is 0.254 e. The second-order valence-corrected chi connectivity index (χ2v) is 7.24. The highest BCUT2D eigenvalue weighted by Gasteiger charge is 2.23. The normalized spacial score (nSPS) is 14.5. The van der Waals surface area contributed by atoms with Crippen LogP contribution in [0.2, 0.25) is 0 Å². The number of halogens is 1. The van der Waals surface area contributed by atoms with Crippen LogP contribution in [0, 0.1) is 3.57 Å². The van der Waals surface area contributed by atoms with Gasteiger partial charge in [0.15, 0.2) is 11.6 Å². The average molecular weight is 460 g/mol. The number of hydrogen-bond acceptors (Lipinski definition) is 5. The molecule has 26 heavy (non-hydrogen) atoms. The van der Waals surface area contributed by atoms with Crippen molar-refractivity contribution in [3.8, 4) is 5.82 Å². The molecule has 2 aromatic heterocycles. The summed E-state index contributed by atoms with van der Waals surface area (Å²) in [5.41, 5.74) is 0.744. The Morgan fingerprint density at radius 2 is 1.73 bits per heavy atom. The van der Waals surface area contributed by atoms with E-state index in [1.807, 2.05) is 53.6 Å². The standard InChI is InChI=1S/C18H17IN6O/c19-15-4-1-3-14(13-15)18(26)24-11-9-23(10-12-24)16-5-6-17(22-21-16)25-8-2-7-20-25/h1-8,13H,9-12H2. The van der Waals surface area contributed by atoms with Crippen molar-refractivity contribution >= 4 is 34.3 Å². The zero-order valence-electron chi connectivity index (χ0n) is 14.0. The Labute approximate surface area is 164 Å². The van der Waals surface area contributed by atoms with Crippen molar-refractivity contribution < 1.29 is 4.79 Å². The summed E-state index contributed by atoms with van der Waals surface area (Å²) in [6.07, 6.45) is 3.54. The van der Waals surface area contributed by atoms with Gasteiger partial charge in [0.25, 0.3) is 5.91 Å². The third-order valence-corrected chi connectivity index (χ3v) is 5.01. The molecular weight excluding hydrogens is 443 g/mol. The first kappa shape index (κ1) is 17.0. The zero-order chi connectivity index (χ0) is 17.9. The van der Waals surface area contributed by atoms with Crippen LogP contribution in [-0.4, -0.2) is 57.0 Å². The minimum absolute atomic E-state index is 0.0864. The maximum absolute atomic E-state index is 12.6. The van der Waals surface area contributed by atoms with Gasteiger partial charge in [-0.15, -0.1) is 10.2 Å². The lowest BCUT2D eigenvalue weighted by molar-refractivity contribution is 0.0746. The van der Waals surface area contributed by atoms with E-state index < -0.39 is 0 Å². The molecule has 3 heterocycles. The Kier molecular flexibility index (Phi) is 4.83. The zero-order valence-corrected chi connectivity index (χ0v) is 16.2. The molecule has 0 saturated carbocycles. The Bertz CT molecular complexity index is 888. The molecule has 132 valence electrons. The Balaban J connectivity index is 1.39. The van der Waals surface area contributed by atoms with Gasteiger partial charge in [0.2, 0.25) is 0 Å². The van der Waals surface area contributed by atoms with Gasteiger partial charge in [-0.25, -0.2) is 4.68 Å². The van der Waals surface area contributed by atoms with Gasteiger partial charge in [-0.2, -0.15) is 5.10 Å². The molecule has 1 aliphatic rings. The fourth-order valence-corrected chi connectivity index (χ4v) is 3.50. The van der Waals surface area contributed by atoms with Crippen LogP contribution in [0.3, 0.4) is 0 Å². The van der Waals surface area contributed by atoms with Crippen LogP contribution in [0.15, 0.2) is 54.9 Å². The summed E-state index contributed by atoms with van der Waals surface area (Å²) in [4.78, 5) is 16.7. The first-order valence-electron chi connectivity index (χ1n) is 8.34. The average Bonchev–Trinajstić information content (AvgIpc) is 3.23. The molecular formula is C18H17IN6O. The molecule has 1 saturated heterocycles. The Morgan fingerprint density at radius 1 is 0.962 bits per heavy atom. The molecule has 0 bridgehead atoms. The molecule has 1 fully saturated rings. The van der Waals surface area contributed by atoms with Crippen LogP contribution >= 0.6 is 22.6 Å². The van der Waals surface area contributed by atoms with Crippen molar-refractivity contribution in [2.24, 2.45) is 0 Å². The van der Waals surface area contributed by atoms with Crippen LogP contribution in [0.25, 0.3) is 5.82 Å². The molecule has 4 rings (SSSR count). The fourth-order valence-electron chi connectivity index (χ4n) is 2.96. The van der Waals surface area contributed by atoms with E-state index in [0.29, 0.717) is 18.9 Å². The highest BCUT2D eigenvalue weighted by molar-refractivity contribution is 14.1. The summed E-state index contributed by atoms with van der Waals surface area (Å²) >= 11 is 2.23. The van der Waals surface area contributed by atoms with E-state index in [9.17, 15) is 4.79 Å². The lowest BCUT2D eigenvalue weighted by Gasteiger charge is -2.35. The van der Waals surface area contributed by atoms with Crippen LogP contribution < -0.4 is 4.90 Å². The summed E-state index contributed by atoms with van der Waals surface area (Å²) in [7, 11) is 0. The van der Waals surface area contributed by atoms with E-state index in [0.717, 1.165) is 28.0 Å². The number of benzene rings is 1. The number of nitrogens with zero attached hydrogens (tertiary/aromatic N) is 6. The SMILES string of the molecule is O=C(c1cccc(I)c1)N1CCN(c2ccc(-n3cccn3)nn2)CC1. The monoisotopic (exact) mass is 460 g/mol. The molecule has 8 heteroatoms. The molecule has 1 amide bonds. The van der Waals surface area contributed by atoms with Gasteiger partial charge in [-0.05, 0) is 59.0 Å². The molecule has 0 aliphatic carbocycles. The second-order valence-electron chi connectivity index (χ2n) is 5.99. The van der Waals surface area contributed by atoms with Crippen molar-refractivity contribution in [3.63, 3.8) is 0 Å². The number of hydrogen-bond donors (Lipinski definition) is 0. The largest absolute Gasteiger partial charge is 0.352 e. The predicted octanol–water partition coefficient (Wildman–Crippen LogP) is 2.23. The first-order valence-corrected chi connectivity index (χ1v) is 9.42. The number of aromatic nitrogens is 4. The molecule has 0 spiro atoms. The van der Waals surface area contributed by atoms with E-state index in [-0.39, 0.29) is 5.91 Å². The van der Waals surface area contributed by atoms with Crippen molar-refractivity contribution in [2.75, 3.05) is 31.1 Å². The van der Waals surface area contributed by atoms with Gasteiger partial charge in [-0.3, -0.25) is 4.79 Å². The van der Waals surface area contributed by atoms with Crippen LogP contribution in [0.1, 0.15) is 10.4 Å². The minimum atomic E-state index is 0.0864. The summed E-state index contributed by atoms with van der Waals surface area (Å²) in [6, 6.07) is 13.4. The Morgan fingerprint density at radius 3 is 2.38 bits per heavy atom. The number of piperazine rings is 1. The lowest BCUT2D eigenvalue weighted by atomic mass is 10.2. The third kappa shape index (κ3) is 3.55. The summed E-state index contributed by atoms with van der Waals surface area (Å²) in [5, 5.41) is 12.7. The van der Waals surface area contributed by atoms with Gasteiger partial charge in [0.05, 0.1) is 0 Å². The molecule has 1 aromatic carbocycles. The molecule has 0 N–H and O–H groups in total. The third-order valence-electron chi connectivity index (χ3n) is 4.34. The molecule has 7 nitrogen and oxygen atoms in total. The second kappa shape index (κ2) is 7.40. The number of carbonyl (C=O) groups excluding carboxylic acids is 1. The molecule has 1 aliphatic heterocycles. The number of rotatable bonds is 3. The van der Waals surface area contributed by atoms with Gasteiger partial charge >= 0.3 is 0 Å². The van der Waals surface area contributed by atoms with E-state index in [1.165, 1.54) is 0 Å². The van der Waals surface area contributed by atoms with Crippen LogP contribution in [0.5, 0.6) is 0 Å². The molecule has 3 aromatic rings. The topological polar surface area (TPSA) is 67.2 Å². The highest BCUT2D eigenvalue weighted by Crippen LogP contribution is 2.16. The van der Waals surface area contributed by atoms with E-state index in [1.54, 1.807) is 10.9 Å². The number of amides is 1. The van der Waals surface area contributed by atoms with Crippen molar-refractivity contribution in [1.82, 2.24) is 24.9 Å². The van der Waals surface area contributed by atoms with E-state index in [2.05, 4.69) is 42.8 Å². The van der Waals surface area contributed by atoms with Gasteiger partial charge in [0.1, 0.15) is 0 Å². The summed E-state index contributed by atoms with van der Waals surface area (Å²) < 4.78 is 2.74. The predicted molar refractivity (Wildman–Crippen MR) is 106 cm³/mol. The quantitative estimate of drug-likeness (QED) is 0.561.